The molecule has 2 N–H and O–H groups in total. The number of nitro benzene ring substituents is 1. The van der Waals surface area contributed by atoms with E-state index in [1.807, 2.05) is 0 Å². The first-order chi connectivity index (χ1) is 10.7. The van der Waals surface area contributed by atoms with Crippen LogP contribution in [-0.4, -0.2) is 26.9 Å². The summed E-state index contributed by atoms with van der Waals surface area (Å²) in [6, 6.07) is 4.45. The number of carbonyl (C=O) groups excluding carboxylic acids is 1. The van der Waals surface area contributed by atoms with Crippen molar-refractivity contribution in [3.63, 3.8) is 0 Å². The van der Waals surface area contributed by atoms with Crippen molar-refractivity contribution in [1.29, 1.82) is 0 Å². The van der Waals surface area contributed by atoms with E-state index in [1.54, 1.807) is 0 Å². The van der Waals surface area contributed by atoms with Gasteiger partial charge in [-0.05, 0) is 6.07 Å². The lowest BCUT2D eigenvalue weighted by Crippen LogP contribution is -2.19. The monoisotopic (exact) mass is 329 g/mol. The summed E-state index contributed by atoms with van der Waals surface area (Å²) in [4.78, 5) is 21.7. The maximum absolute atomic E-state index is 12.2. The number of non-ortho nitro benzene ring substituents is 1. The number of urea groups is 1. The van der Waals surface area contributed by atoms with Crippen molar-refractivity contribution in [2.75, 3.05) is 10.6 Å². The molecule has 0 fully saturated rings. The maximum Gasteiger partial charge on any atom is 0.408 e. The zero-order chi connectivity index (χ0) is 17.0. The van der Waals surface area contributed by atoms with Gasteiger partial charge in [-0.25, -0.2) is 4.79 Å². The molecule has 0 unspecified atom stereocenters. The van der Waals surface area contributed by atoms with Crippen LogP contribution in [0.15, 0.2) is 36.7 Å². The van der Waals surface area contributed by atoms with Crippen molar-refractivity contribution in [2.45, 2.75) is 12.7 Å². The quantitative estimate of drug-likeness (QED) is 0.665. The Morgan fingerprint density at radius 3 is 2.65 bits per heavy atom. The van der Waals surface area contributed by atoms with Crippen molar-refractivity contribution in [1.82, 2.24) is 9.78 Å². The Bertz CT molecular complexity index is 729. The van der Waals surface area contributed by atoms with E-state index in [-0.39, 0.29) is 17.1 Å². The molecule has 2 rings (SSSR count). The molecule has 1 heterocycles. The zero-order valence-electron chi connectivity index (χ0n) is 11.4. The minimum atomic E-state index is -4.42. The van der Waals surface area contributed by atoms with E-state index in [0.717, 1.165) is 18.5 Å². The molecule has 0 aliphatic carbocycles. The van der Waals surface area contributed by atoms with Gasteiger partial charge in [-0.3, -0.25) is 14.8 Å². The molecule has 0 aliphatic heterocycles. The second-order valence-corrected chi connectivity index (χ2v) is 4.43. The fraction of sp³-hybridized carbons (Fsp3) is 0.167. The van der Waals surface area contributed by atoms with Gasteiger partial charge in [0.25, 0.3) is 5.69 Å². The molecule has 1 aromatic heterocycles. The summed E-state index contributed by atoms with van der Waals surface area (Å²) in [6.45, 7) is -1.28. The van der Waals surface area contributed by atoms with E-state index in [4.69, 9.17) is 0 Å². The number of hydrogen-bond donors (Lipinski definition) is 2. The molecule has 122 valence electrons. The van der Waals surface area contributed by atoms with Crippen LogP contribution < -0.4 is 10.6 Å². The van der Waals surface area contributed by atoms with Gasteiger partial charge < -0.3 is 10.6 Å². The zero-order valence-corrected chi connectivity index (χ0v) is 11.4. The van der Waals surface area contributed by atoms with Crippen molar-refractivity contribution < 1.29 is 22.9 Å². The molecule has 0 radical (unpaired) electrons. The first kappa shape index (κ1) is 16.3. The first-order valence-electron chi connectivity index (χ1n) is 6.14. The van der Waals surface area contributed by atoms with Crippen LogP contribution in [0.1, 0.15) is 0 Å². The highest BCUT2D eigenvalue weighted by molar-refractivity contribution is 5.99. The van der Waals surface area contributed by atoms with Gasteiger partial charge in [0.2, 0.25) is 0 Å². The predicted molar refractivity (Wildman–Crippen MR) is 74.0 cm³/mol. The predicted octanol–water partition coefficient (Wildman–Crippen LogP) is 3.00. The number of benzene rings is 1. The molecule has 0 bridgehead atoms. The molecule has 2 aromatic rings. The average molecular weight is 329 g/mol. The molecule has 0 saturated carbocycles. The number of nitrogens with one attached hydrogen (secondary N) is 2. The summed E-state index contributed by atoms with van der Waals surface area (Å²) >= 11 is 0. The molecule has 0 atom stereocenters. The molecule has 0 aliphatic rings. The normalized spacial score (nSPS) is 11.1. The number of amides is 2. The van der Waals surface area contributed by atoms with Crippen molar-refractivity contribution >= 4 is 23.1 Å². The second-order valence-electron chi connectivity index (χ2n) is 4.43. The molecule has 2 amide bonds. The lowest BCUT2D eigenvalue weighted by atomic mass is 10.3. The third-order valence-electron chi connectivity index (χ3n) is 2.55. The molecule has 23 heavy (non-hydrogen) atoms. The summed E-state index contributed by atoms with van der Waals surface area (Å²) < 4.78 is 37.2. The van der Waals surface area contributed by atoms with Gasteiger partial charge in [0.05, 0.1) is 16.8 Å². The fourth-order valence-corrected chi connectivity index (χ4v) is 1.69. The third kappa shape index (κ3) is 4.98. The fourth-order valence-electron chi connectivity index (χ4n) is 1.69. The summed E-state index contributed by atoms with van der Waals surface area (Å²) in [5.74, 6) is 0. The van der Waals surface area contributed by atoms with Crippen LogP contribution in [0.25, 0.3) is 0 Å². The third-order valence-corrected chi connectivity index (χ3v) is 2.55. The Morgan fingerprint density at radius 1 is 1.30 bits per heavy atom. The molecule has 11 heteroatoms. The number of carbonyl (C=O) groups is 1. The molecule has 8 nitrogen and oxygen atoms in total. The van der Waals surface area contributed by atoms with Gasteiger partial charge in [0, 0.05) is 24.0 Å². The van der Waals surface area contributed by atoms with Crippen molar-refractivity contribution in [3.8, 4) is 0 Å². The van der Waals surface area contributed by atoms with E-state index >= 15 is 0 Å². The Labute approximate surface area is 127 Å². The standard InChI is InChI=1S/C12H10F3N5O3/c13-12(14,15)7-19-6-9(5-16-19)18-11(21)17-8-2-1-3-10(4-8)20(22)23/h1-6H,7H2,(H2,17,18,21). The van der Waals surface area contributed by atoms with Crippen LogP contribution in [0.3, 0.4) is 0 Å². The van der Waals surface area contributed by atoms with E-state index in [2.05, 4.69) is 15.7 Å². The number of hydrogen-bond acceptors (Lipinski definition) is 4. The second kappa shape index (κ2) is 6.34. The minimum absolute atomic E-state index is 0.0529. The largest absolute Gasteiger partial charge is 0.408 e. The molecule has 0 spiro atoms. The highest BCUT2D eigenvalue weighted by Crippen LogP contribution is 2.19. The number of nitro groups is 1. The number of alkyl halides is 3. The number of rotatable bonds is 4. The highest BCUT2D eigenvalue weighted by Gasteiger charge is 2.28. The van der Waals surface area contributed by atoms with Crippen LogP contribution in [0.4, 0.5) is 35.0 Å². The Hall–Kier alpha value is -3.11. The van der Waals surface area contributed by atoms with E-state index in [1.165, 1.54) is 18.2 Å². The molecule has 0 saturated heterocycles. The van der Waals surface area contributed by atoms with Crippen LogP contribution in [0.5, 0.6) is 0 Å². The van der Waals surface area contributed by atoms with E-state index in [9.17, 15) is 28.1 Å². The minimum Gasteiger partial charge on any atom is -0.307 e. The van der Waals surface area contributed by atoms with Crippen LogP contribution in [0.2, 0.25) is 0 Å². The van der Waals surface area contributed by atoms with Crippen LogP contribution in [-0.2, 0) is 6.54 Å². The lowest BCUT2D eigenvalue weighted by Gasteiger charge is -2.06. The van der Waals surface area contributed by atoms with Crippen LogP contribution >= 0.6 is 0 Å². The summed E-state index contributed by atoms with van der Waals surface area (Å²) in [7, 11) is 0. The summed E-state index contributed by atoms with van der Waals surface area (Å²) in [5.41, 5.74) is 0.0114. The number of anilines is 2. The summed E-state index contributed by atoms with van der Waals surface area (Å²) in [6.07, 6.45) is -2.35. The number of nitrogens with zero attached hydrogens (tertiary/aromatic N) is 3. The van der Waals surface area contributed by atoms with Crippen molar-refractivity contribution in [3.05, 3.63) is 46.8 Å². The van der Waals surface area contributed by atoms with Gasteiger partial charge in [-0.15, -0.1) is 0 Å². The van der Waals surface area contributed by atoms with Crippen molar-refractivity contribution in [2.24, 2.45) is 0 Å². The number of halogens is 3. The molecular formula is C12H10F3N5O3. The summed E-state index contributed by atoms with van der Waals surface area (Å²) in [5, 5.41) is 18.7. The molecular weight excluding hydrogens is 319 g/mol. The first-order valence-corrected chi connectivity index (χ1v) is 6.14. The number of aromatic nitrogens is 2. The van der Waals surface area contributed by atoms with E-state index < -0.39 is 23.7 Å². The van der Waals surface area contributed by atoms with Crippen LogP contribution in [0, 0.1) is 10.1 Å². The Morgan fingerprint density at radius 2 is 2.00 bits per heavy atom. The Kier molecular flexibility index (Phi) is 4.48. The lowest BCUT2D eigenvalue weighted by molar-refractivity contribution is -0.384. The maximum atomic E-state index is 12.2. The molecule has 1 aromatic carbocycles. The van der Waals surface area contributed by atoms with Gasteiger partial charge in [-0.2, -0.15) is 18.3 Å². The average Bonchev–Trinajstić information content (AvgIpc) is 2.83. The van der Waals surface area contributed by atoms with E-state index in [0.29, 0.717) is 4.68 Å². The topological polar surface area (TPSA) is 102 Å². The van der Waals surface area contributed by atoms with Gasteiger partial charge in [0.1, 0.15) is 6.54 Å². The van der Waals surface area contributed by atoms with Gasteiger partial charge >= 0.3 is 12.2 Å². The Balaban J connectivity index is 1.97. The van der Waals surface area contributed by atoms with Gasteiger partial charge in [-0.1, -0.05) is 6.07 Å². The SMILES string of the molecule is O=C(Nc1cccc([N+](=O)[O-])c1)Nc1cnn(CC(F)(F)F)c1. The smallest absolute Gasteiger partial charge is 0.307 e. The highest BCUT2D eigenvalue weighted by atomic mass is 19.4. The van der Waals surface area contributed by atoms with Gasteiger partial charge in [0.15, 0.2) is 0 Å².